The Labute approximate surface area is 145 Å². The molecule has 0 saturated heterocycles. The first-order valence-corrected chi connectivity index (χ1v) is 8.68. The largest absolute Gasteiger partial charge is 0.494 e. The highest BCUT2D eigenvalue weighted by Crippen LogP contribution is 2.23. The average molecular weight is 319 g/mol. The minimum Gasteiger partial charge on any atom is -0.494 e. The number of hydrogen-bond acceptors (Lipinski definition) is 2. The first-order chi connectivity index (χ1) is 11.8. The molecule has 2 aromatic carbocycles. The van der Waals surface area contributed by atoms with Gasteiger partial charge < -0.3 is 4.74 Å². The Kier molecular flexibility index (Phi) is 7.63. The van der Waals surface area contributed by atoms with E-state index in [1.165, 1.54) is 25.7 Å². The number of benzene rings is 2. The molecular formula is C22H25NO. The molecule has 0 saturated carbocycles. The lowest BCUT2D eigenvalue weighted by molar-refractivity contribution is 0.304. The molecule has 0 fully saturated rings. The second-order valence-electron chi connectivity index (χ2n) is 5.91. The smallest absolute Gasteiger partial charge is 0.119 e. The summed E-state index contributed by atoms with van der Waals surface area (Å²) in [5.41, 5.74) is 2.93. The molecule has 2 aromatic rings. The van der Waals surface area contributed by atoms with Crippen LogP contribution in [0.3, 0.4) is 0 Å². The summed E-state index contributed by atoms with van der Waals surface area (Å²) in [6.45, 7) is 4.52. The highest BCUT2D eigenvalue weighted by atomic mass is 16.5. The van der Waals surface area contributed by atoms with Crippen molar-refractivity contribution in [1.82, 2.24) is 0 Å². The molecular weight excluding hydrogens is 294 g/mol. The fourth-order valence-corrected chi connectivity index (χ4v) is 2.59. The molecule has 0 atom stereocenters. The Morgan fingerprint density at radius 1 is 0.833 bits per heavy atom. The van der Waals surface area contributed by atoms with Crippen LogP contribution in [0.4, 0.5) is 0 Å². The summed E-state index contributed by atoms with van der Waals surface area (Å²) in [5.74, 6) is 0.916. The normalized spacial score (nSPS) is 10.1. The Morgan fingerprint density at radius 2 is 1.42 bits per heavy atom. The van der Waals surface area contributed by atoms with Gasteiger partial charge in [0.2, 0.25) is 0 Å². The molecule has 0 aliphatic heterocycles. The highest BCUT2D eigenvalue weighted by Gasteiger charge is 2.00. The van der Waals surface area contributed by atoms with Crippen molar-refractivity contribution in [3.05, 3.63) is 66.7 Å². The van der Waals surface area contributed by atoms with Crippen molar-refractivity contribution < 1.29 is 4.74 Å². The Morgan fingerprint density at radius 3 is 2.04 bits per heavy atom. The minimum atomic E-state index is 0.684. The van der Waals surface area contributed by atoms with E-state index in [0.717, 1.165) is 36.3 Å². The van der Waals surface area contributed by atoms with Crippen molar-refractivity contribution in [2.75, 3.05) is 6.61 Å². The fraction of sp³-hybridized carbons (Fsp3) is 0.318. The lowest BCUT2D eigenvalue weighted by Gasteiger charge is -2.07. The van der Waals surface area contributed by atoms with E-state index in [4.69, 9.17) is 10.00 Å². The Balaban J connectivity index is 1.72. The molecule has 0 unspecified atom stereocenters. The van der Waals surface area contributed by atoms with Crippen LogP contribution in [0.2, 0.25) is 0 Å². The topological polar surface area (TPSA) is 33.0 Å². The van der Waals surface area contributed by atoms with Gasteiger partial charge >= 0.3 is 0 Å². The fourth-order valence-electron chi connectivity index (χ4n) is 2.59. The van der Waals surface area contributed by atoms with Crippen LogP contribution in [-0.4, -0.2) is 6.61 Å². The van der Waals surface area contributed by atoms with Crippen LogP contribution in [0.25, 0.3) is 11.1 Å². The van der Waals surface area contributed by atoms with Crippen molar-refractivity contribution >= 4 is 0 Å². The minimum absolute atomic E-state index is 0.684. The lowest BCUT2D eigenvalue weighted by atomic mass is 10.0. The maximum atomic E-state index is 8.84. The molecule has 0 amide bonds. The number of unbranched alkanes of at least 4 members (excludes halogenated alkanes) is 5. The average Bonchev–Trinajstić information content (AvgIpc) is 2.64. The molecule has 0 aliphatic rings. The summed E-state index contributed by atoms with van der Waals surface area (Å²) in [6, 6.07) is 17.9. The van der Waals surface area contributed by atoms with Gasteiger partial charge in [-0.1, -0.05) is 49.6 Å². The van der Waals surface area contributed by atoms with Gasteiger partial charge in [-0.3, -0.25) is 0 Å². The molecule has 0 radical (unpaired) electrons. The van der Waals surface area contributed by atoms with Crippen LogP contribution >= 0.6 is 0 Å². The van der Waals surface area contributed by atoms with Crippen molar-refractivity contribution in [1.29, 1.82) is 5.26 Å². The molecule has 24 heavy (non-hydrogen) atoms. The van der Waals surface area contributed by atoms with Crippen LogP contribution in [0.1, 0.15) is 44.1 Å². The molecule has 0 N–H and O–H groups in total. The number of allylic oxidation sites excluding steroid dienone is 1. The second kappa shape index (κ2) is 10.3. The zero-order chi connectivity index (χ0) is 17.0. The van der Waals surface area contributed by atoms with E-state index in [2.05, 4.69) is 24.8 Å². The van der Waals surface area contributed by atoms with E-state index < -0.39 is 0 Å². The maximum absolute atomic E-state index is 8.84. The van der Waals surface area contributed by atoms with Crippen LogP contribution in [0.15, 0.2) is 61.2 Å². The number of hydrogen-bond donors (Lipinski definition) is 0. The van der Waals surface area contributed by atoms with Gasteiger partial charge in [0.15, 0.2) is 0 Å². The molecule has 2 heteroatoms. The summed E-state index contributed by atoms with van der Waals surface area (Å²) in [7, 11) is 0. The van der Waals surface area contributed by atoms with E-state index >= 15 is 0 Å². The monoisotopic (exact) mass is 319 g/mol. The van der Waals surface area contributed by atoms with E-state index in [-0.39, 0.29) is 0 Å². The zero-order valence-electron chi connectivity index (χ0n) is 14.2. The molecule has 0 heterocycles. The molecule has 0 spiro atoms. The van der Waals surface area contributed by atoms with Crippen molar-refractivity contribution in [3.8, 4) is 22.9 Å². The standard InChI is InChI=1S/C22H25NO/c1-2-3-4-5-6-7-8-17-24-22-15-13-21(14-16-22)20-11-9-19(18-23)10-12-20/h2,9-16H,1,3-8,17H2. The zero-order valence-corrected chi connectivity index (χ0v) is 14.2. The summed E-state index contributed by atoms with van der Waals surface area (Å²) < 4.78 is 5.80. The predicted octanol–water partition coefficient (Wildman–Crippen LogP) is 6.13. The third-order valence-electron chi connectivity index (χ3n) is 4.02. The Hall–Kier alpha value is -2.53. The summed E-state index contributed by atoms with van der Waals surface area (Å²) in [5, 5.41) is 8.84. The summed E-state index contributed by atoms with van der Waals surface area (Å²) in [6.07, 6.45) is 9.25. The predicted molar refractivity (Wildman–Crippen MR) is 100.0 cm³/mol. The van der Waals surface area contributed by atoms with Crippen LogP contribution < -0.4 is 4.74 Å². The molecule has 0 bridgehead atoms. The number of nitrogens with zero attached hydrogens (tertiary/aromatic N) is 1. The number of ether oxygens (including phenoxy) is 1. The summed E-state index contributed by atoms with van der Waals surface area (Å²) >= 11 is 0. The third-order valence-corrected chi connectivity index (χ3v) is 4.02. The van der Waals surface area contributed by atoms with E-state index in [1.54, 1.807) is 0 Å². The highest BCUT2D eigenvalue weighted by molar-refractivity contribution is 5.64. The van der Waals surface area contributed by atoms with Crippen LogP contribution in [0, 0.1) is 11.3 Å². The van der Waals surface area contributed by atoms with Crippen LogP contribution in [-0.2, 0) is 0 Å². The lowest BCUT2D eigenvalue weighted by Crippen LogP contribution is -1.97. The third kappa shape index (κ3) is 5.93. The van der Waals surface area contributed by atoms with Crippen molar-refractivity contribution in [3.63, 3.8) is 0 Å². The van der Waals surface area contributed by atoms with Crippen LogP contribution in [0.5, 0.6) is 5.75 Å². The first-order valence-electron chi connectivity index (χ1n) is 8.68. The number of rotatable bonds is 10. The van der Waals surface area contributed by atoms with Gasteiger partial charge in [-0.15, -0.1) is 6.58 Å². The molecule has 0 aromatic heterocycles. The summed E-state index contributed by atoms with van der Waals surface area (Å²) in [4.78, 5) is 0. The number of nitriles is 1. The first kappa shape index (κ1) is 17.8. The van der Waals surface area contributed by atoms with Gasteiger partial charge in [-0.2, -0.15) is 5.26 Å². The molecule has 2 nitrogen and oxygen atoms in total. The molecule has 2 rings (SSSR count). The van der Waals surface area contributed by atoms with Crippen molar-refractivity contribution in [2.24, 2.45) is 0 Å². The maximum Gasteiger partial charge on any atom is 0.119 e. The SMILES string of the molecule is C=CCCCCCCCOc1ccc(-c2ccc(C#N)cc2)cc1. The molecule has 0 aliphatic carbocycles. The van der Waals surface area contributed by atoms with Gasteiger partial charge in [-0.25, -0.2) is 0 Å². The Bertz CT molecular complexity index is 650. The second-order valence-corrected chi connectivity index (χ2v) is 5.91. The van der Waals surface area contributed by atoms with Gasteiger partial charge in [0.25, 0.3) is 0 Å². The van der Waals surface area contributed by atoms with Crippen molar-refractivity contribution in [2.45, 2.75) is 38.5 Å². The van der Waals surface area contributed by atoms with Gasteiger partial charge in [-0.05, 0) is 54.7 Å². The van der Waals surface area contributed by atoms with E-state index in [0.29, 0.717) is 5.56 Å². The quantitative estimate of drug-likeness (QED) is 0.390. The van der Waals surface area contributed by atoms with Gasteiger partial charge in [0.05, 0.1) is 18.2 Å². The van der Waals surface area contributed by atoms with Gasteiger partial charge in [0.1, 0.15) is 5.75 Å². The van der Waals surface area contributed by atoms with E-state index in [1.807, 2.05) is 42.5 Å². The van der Waals surface area contributed by atoms with E-state index in [9.17, 15) is 0 Å². The van der Waals surface area contributed by atoms with Gasteiger partial charge in [0, 0.05) is 0 Å². The molecule has 124 valence electrons.